The average molecular weight is 346 g/mol. The minimum Gasteiger partial charge on any atom is -0.493 e. The first-order valence-corrected chi connectivity index (χ1v) is 8.91. The molecule has 0 fully saturated rings. The number of benzene rings is 1. The van der Waals surface area contributed by atoms with Gasteiger partial charge in [0.05, 0.1) is 18.4 Å². The number of hydrogen-bond donors (Lipinski definition) is 1. The Kier molecular flexibility index (Phi) is 6.88. The molecule has 1 aromatic carbocycles. The molecule has 0 radical (unpaired) electrons. The molecule has 0 aliphatic rings. The molecule has 0 saturated carbocycles. The molecule has 0 saturated heterocycles. The first-order valence-electron chi connectivity index (χ1n) is 8.91. The fourth-order valence-corrected chi connectivity index (χ4v) is 2.63. The van der Waals surface area contributed by atoms with Crippen LogP contribution in [0.2, 0.25) is 0 Å². The van der Waals surface area contributed by atoms with E-state index in [1.807, 2.05) is 26.0 Å². The Morgan fingerprint density at radius 3 is 2.56 bits per heavy atom. The molecule has 2 unspecified atom stereocenters. The van der Waals surface area contributed by atoms with E-state index in [-0.39, 0.29) is 0 Å². The van der Waals surface area contributed by atoms with Crippen molar-refractivity contribution in [2.24, 2.45) is 5.92 Å². The minimum absolute atomic E-state index is 0.417. The normalized spacial score (nSPS) is 13.5. The standard InChI is InChI=1S/C20H30N2O3/c1-7-13(2)14(3)21-11-17-8-9-19(20(10-17)23-6)24-12-18-15(4)22-25-16(18)5/h8-10,13-14,21H,7,11-12H2,1-6H3. The van der Waals surface area contributed by atoms with E-state index in [1.54, 1.807) is 7.11 Å². The summed E-state index contributed by atoms with van der Waals surface area (Å²) in [5, 5.41) is 7.53. The Labute approximate surface area is 150 Å². The lowest BCUT2D eigenvalue weighted by Gasteiger charge is -2.20. The van der Waals surface area contributed by atoms with Crippen molar-refractivity contribution in [1.29, 1.82) is 0 Å². The Morgan fingerprint density at radius 1 is 1.20 bits per heavy atom. The molecule has 1 N–H and O–H groups in total. The molecule has 25 heavy (non-hydrogen) atoms. The summed E-state index contributed by atoms with van der Waals surface area (Å²) in [6, 6.07) is 6.54. The van der Waals surface area contributed by atoms with E-state index in [0.29, 0.717) is 18.6 Å². The number of rotatable bonds is 9. The number of nitrogens with one attached hydrogen (secondary N) is 1. The second-order valence-electron chi connectivity index (χ2n) is 6.63. The molecule has 2 atom stereocenters. The van der Waals surface area contributed by atoms with E-state index in [2.05, 4.69) is 37.3 Å². The van der Waals surface area contributed by atoms with E-state index in [9.17, 15) is 0 Å². The highest BCUT2D eigenvalue weighted by Crippen LogP contribution is 2.29. The van der Waals surface area contributed by atoms with Gasteiger partial charge in [-0.3, -0.25) is 0 Å². The molecule has 0 bridgehead atoms. The molecule has 5 heteroatoms. The van der Waals surface area contributed by atoms with Gasteiger partial charge in [0, 0.05) is 12.6 Å². The zero-order valence-corrected chi connectivity index (χ0v) is 16.2. The van der Waals surface area contributed by atoms with Gasteiger partial charge in [0.25, 0.3) is 0 Å². The van der Waals surface area contributed by atoms with Crippen LogP contribution in [0.25, 0.3) is 0 Å². The van der Waals surface area contributed by atoms with Crippen LogP contribution >= 0.6 is 0 Å². The van der Waals surface area contributed by atoms with E-state index in [1.165, 1.54) is 12.0 Å². The molecule has 0 aliphatic heterocycles. The molecule has 1 aromatic heterocycles. The lowest BCUT2D eigenvalue weighted by atomic mass is 10.0. The van der Waals surface area contributed by atoms with Gasteiger partial charge in [-0.2, -0.15) is 0 Å². The fourth-order valence-electron chi connectivity index (χ4n) is 2.63. The van der Waals surface area contributed by atoms with Gasteiger partial charge in [-0.25, -0.2) is 0 Å². The van der Waals surface area contributed by atoms with E-state index >= 15 is 0 Å². The van der Waals surface area contributed by atoms with Crippen LogP contribution in [0, 0.1) is 19.8 Å². The molecule has 0 aliphatic carbocycles. The van der Waals surface area contributed by atoms with Crippen LogP contribution in [0.3, 0.4) is 0 Å². The molecule has 1 heterocycles. The molecule has 2 aromatic rings. The van der Waals surface area contributed by atoms with Crippen molar-refractivity contribution < 1.29 is 14.0 Å². The summed E-state index contributed by atoms with van der Waals surface area (Å²) in [6.45, 7) is 11.8. The Hall–Kier alpha value is -2.01. The van der Waals surface area contributed by atoms with Crippen LogP contribution in [-0.2, 0) is 13.2 Å². The summed E-state index contributed by atoms with van der Waals surface area (Å²) in [4.78, 5) is 0. The minimum atomic E-state index is 0.417. The van der Waals surface area contributed by atoms with Gasteiger partial charge in [-0.15, -0.1) is 0 Å². The molecular formula is C20H30N2O3. The number of aromatic nitrogens is 1. The summed E-state index contributed by atoms with van der Waals surface area (Å²) in [6.07, 6.45) is 1.17. The van der Waals surface area contributed by atoms with Crippen LogP contribution in [0.4, 0.5) is 0 Å². The van der Waals surface area contributed by atoms with Crippen molar-refractivity contribution >= 4 is 0 Å². The lowest BCUT2D eigenvalue weighted by Crippen LogP contribution is -2.31. The summed E-state index contributed by atoms with van der Waals surface area (Å²) in [5.41, 5.74) is 3.02. The van der Waals surface area contributed by atoms with Gasteiger partial charge in [0.1, 0.15) is 12.4 Å². The second kappa shape index (κ2) is 8.90. The second-order valence-corrected chi connectivity index (χ2v) is 6.63. The van der Waals surface area contributed by atoms with Gasteiger partial charge in [0.2, 0.25) is 0 Å². The van der Waals surface area contributed by atoms with Crippen LogP contribution in [0.1, 0.15) is 49.8 Å². The van der Waals surface area contributed by atoms with Crippen LogP contribution in [-0.4, -0.2) is 18.3 Å². The first kappa shape index (κ1) is 19.3. The largest absolute Gasteiger partial charge is 0.493 e. The van der Waals surface area contributed by atoms with Crippen molar-refractivity contribution in [3.05, 3.63) is 40.8 Å². The molecule has 0 spiro atoms. The maximum absolute atomic E-state index is 5.92. The van der Waals surface area contributed by atoms with Crippen LogP contribution < -0.4 is 14.8 Å². The van der Waals surface area contributed by atoms with E-state index in [0.717, 1.165) is 35.1 Å². The van der Waals surface area contributed by atoms with Crippen molar-refractivity contribution in [2.75, 3.05) is 7.11 Å². The highest BCUT2D eigenvalue weighted by Gasteiger charge is 2.13. The van der Waals surface area contributed by atoms with Crippen LogP contribution in [0.5, 0.6) is 11.5 Å². The predicted octanol–water partition coefficient (Wildman–Crippen LogP) is 4.40. The number of hydrogen-bond acceptors (Lipinski definition) is 5. The Morgan fingerprint density at radius 2 is 1.96 bits per heavy atom. The molecule has 0 amide bonds. The number of aryl methyl sites for hydroxylation is 2. The maximum atomic E-state index is 5.92. The van der Waals surface area contributed by atoms with Crippen molar-refractivity contribution in [3.63, 3.8) is 0 Å². The molecule has 5 nitrogen and oxygen atoms in total. The zero-order chi connectivity index (χ0) is 18.4. The van der Waals surface area contributed by atoms with Gasteiger partial charge < -0.3 is 19.3 Å². The van der Waals surface area contributed by atoms with Gasteiger partial charge in [-0.05, 0) is 44.4 Å². The highest BCUT2D eigenvalue weighted by molar-refractivity contribution is 5.43. The Bertz CT molecular complexity index is 662. The van der Waals surface area contributed by atoms with Crippen molar-refractivity contribution in [2.45, 2.75) is 60.2 Å². The number of ether oxygens (including phenoxy) is 2. The highest BCUT2D eigenvalue weighted by atomic mass is 16.5. The topological polar surface area (TPSA) is 56.5 Å². The quantitative estimate of drug-likeness (QED) is 0.729. The van der Waals surface area contributed by atoms with Gasteiger partial charge in [0.15, 0.2) is 11.5 Å². The van der Waals surface area contributed by atoms with Gasteiger partial charge >= 0.3 is 0 Å². The summed E-state index contributed by atoms with van der Waals surface area (Å²) in [5.74, 6) is 2.90. The van der Waals surface area contributed by atoms with Crippen molar-refractivity contribution in [1.82, 2.24) is 10.5 Å². The molecular weight excluding hydrogens is 316 g/mol. The first-order chi connectivity index (χ1) is 12.0. The maximum Gasteiger partial charge on any atom is 0.161 e. The third kappa shape index (κ3) is 4.98. The third-order valence-electron chi connectivity index (χ3n) is 4.91. The SMILES string of the molecule is CCC(C)C(C)NCc1ccc(OCc2c(C)noc2C)c(OC)c1. The molecule has 138 valence electrons. The molecule has 2 rings (SSSR count). The smallest absolute Gasteiger partial charge is 0.161 e. The van der Waals surface area contributed by atoms with Gasteiger partial charge in [-0.1, -0.05) is 31.5 Å². The third-order valence-corrected chi connectivity index (χ3v) is 4.91. The van der Waals surface area contributed by atoms with E-state index < -0.39 is 0 Å². The Balaban J connectivity index is 2.01. The zero-order valence-electron chi connectivity index (χ0n) is 16.2. The summed E-state index contributed by atoms with van der Waals surface area (Å²) >= 11 is 0. The predicted molar refractivity (Wildman–Crippen MR) is 99.1 cm³/mol. The van der Waals surface area contributed by atoms with Crippen molar-refractivity contribution in [3.8, 4) is 11.5 Å². The number of nitrogens with zero attached hydrogens (tertiary/aromatic N) is 1. The van der Waals surface area contributed by atoms with E-state index in [4.69, 9.17) is 14.0 Å². The summed E-state index contributed by atoms with van der Waals surface area (Å²) < 4.78 is 16.6. The summed E-state index contributed by atoms with van der Waals surface area (Å²) in [7, 11) is 1.66. The fraction of sp³-hybridized carbons (Fsp3) is 0.550. The lowest BCUT2D eigenvalue weighted by molar-refractivity contribution is 0.281. The average Bonchev–Trinajstić information content (AvgIpc) is 2.95. The monoisotopic (exact) mass is 346 g/mol. The van der Waals surface area contributed by atoms with Crippen LogP contribution in [0.15, 0.2) is 22.7 Å². The number of methoxy groups -OCH3 is 1.